The van der Waals surface area contributed by atoms with Gasteiger partial charge in [-0.2, -0.15) is 18.4 Å². The second-order valence-corrected chi connectivity index (χ2v) is 9.21. The van der Waals surface area contributed by atoms with Crippen LogP contribution >= 0.6 is 0 Å². The molecule has 4 aromatic rings. The van der Waals surface area contributed by atoms with Gasteiger partial charge < -0.3 is 20.5 Å². The number of likely N-dealkylation sites (tertiary alicyclic amines) is 1. The van der Waals surface area contributed by atoms with Crippen molar-refractivity contribution in [1.29, 1.82) is 5.26 Å². The molecule has 0 aromatic carbocycles. The Kier molecular flexibility index (Phi) is 7.11. The number of hydrogen-bond donors (Lipinski definition) is 3. The fourth-order valence-electron chi connectivity index (χ4n) is 4.48. The zero-order chi connectivity index (χ0) is 26.7. The fourth-order valence-corrected chi connectivity index (χ4v) is 4.48. The lowest BCUT2D eigenvalue weighted by molar-refractivity contribution is -0.137. The Morgan fingerprint density at radius 1 is 1.13 bits per heavy atom. The highest BCUT2D eigenvalue weighted by molar-refractivity contribution is 5.94. The molecule has 5 heterocycles. The summed E-state index contributed by atoms with van der Waals surface area (Å²) in [7, 11) is 0. The van der Waals surface area contributed by atoms with Crippen molar-refractivity contribution in [3.05, 3.63) is 59.7 Å². The number of anilines is 2. The third kappa shape index (κ3) is 5.52. The summed E-state index contributed by atoms with van der Waals surface area (Å²) in [6, 6.07) is 6.67. The molecular formula is C26H26F3N9. The van der Waals surface area contributed by atoms with Crippen molar-refractivity contribution in [3.63, 3.8) is 0 Å². The topological polar surface area (TPSA) is 118 Å². The van der Waals surface area contributed by atoms with E-state index in [4.69, 9.17) is 0 Å². The van der Waals surface area contributed by atoms with E-state index in [1.54, 1.807) is 6.20 Å². The molecule has 4 aromatic heterocycles. The van der Waals surface area contributed by atoms with Crippen LogP contribution in [0.5, 0.6) is 0 Å². The summed E-state index contributed by atoms with van der Waals surface area (Å²) in [6.07, 6.45) is 3.36. The Balaban J connectivity index is 1.32. The Morgan fingerprint density at radius 3 is 2.66 bits per heavy atom. The van der Waals surface area contributed by atoms with Gasteiger partial charge in [-0.25, -0.2) is 19.9 Å². The van der Waals surface area contributed by atoms with Crippen LogP contribution in [0.2, 0.25) is 0 Å². The van der Waals surface area contributed by atoms with E-state index in [1.165, 1.54) is 25.2 Å². The van der Waals surface area contributed by atoms with Crippen LogP contribution in [0.4, 0.5) is 24.9 Å². The number of rotatable bonds is 8. The Hall–Kier alpha value is -4.24. The second-order valence-electron chi connectivity index (χ2n) is 9.21. The first-order chi connectivity index (χ1) is 18.3. The minimum absolute atomic E-state index is 0.132. The average Bonchev–Trinajstić information content (AvgIpc) is 3.58. The summed E-state index contributed by atoms with van der Waals surface area (Å²) in [6.45, 7) is 6.05. The molecular weight excluding hydrogens is 495 g/mol. The summed E-state index contributed by atoms with van der Waals surface area (Å²) in [5.74, 6) is 1.02. The number of aromatic nitrogens is 5. The highest BCUT2D eigenvalue weighted by atomic mass is 19.4. The maximum Gasteiger partial charge on any atom is 0.417 e. The molecule has 0 spiro atoms. The predicted molar refractivity (Wildman–Crippen MR) is 137 cm³/mol. The van der Waals surface area contributed by atoms with E-state index in [-0.39, 0.29) is 34.3 Å². The summed E-state index contributed by atoms with van der Waals surface area (Å²) >= 11 is 0. The number of halogens is 3. The molecule has 0 saturated carbocycles. The van der Waals surface area contributed by atoms with Crippen molar-refractivity contribution in [3.8, 4) is 17.3 Å². The van der Waals surface area contributed by atoms with Crippen LogP contribution in [-0.4, -0.2) is 56.0 Å². The molecule has 5 rings (SSSR count). The predicted octanol–water partition coefficient (Wildman–Crippen LogP) is 4.99. The molecule has 38 heavy (non-hydrogen) atoms. The molecule has 1 fully saturated rings. The molecule has 1 aliphatic rings. The molecule has 0 aliphatic carbocycles. The van der Waals surface area contributed by atoms with Gasteiger partial charge in [0.2, 0.25) is 5.95 Å². The lowest BCUT2D eigenvalue weighted by Gasteiger charge is -2.16. The molecule has 12 heteroatoms. The smallest absolute Gasteiger partial charge is 0.369 e. The molecule has 0 radical (unpaired) electrons. The Bertz CT molecular complexity index is 1450. The minimum Gasteiger partial charge on any atom is -0.369 e. The van der Waals surface area contributed by atoms with Crippen molar-refractivity contribution in [2.75, 3.05) is 36.8 Å². The average molecular weight is 522 g/mol. The minimum atomic E-state index is -4.55. The number of nitrogens with zero attached hydrogens (tertiary/aromatic N) is 6. The van der Waals surface area contributed by atoms with Crippen molar-refractivity contribution in [2.24, 2.45) is 0 Å². The SMILES string of the molecule is CC(Nc1ncc(C#N)c(-c2c[nH]c3ncc(C(F)(F)F)cc23)n1)c1ccc(NCCN2CCCC2)nc1. The van der Waals surface area contributed by atoms with Gasteiger partial charge in [0.25, 0.3) is 0 Å². The molecule has 3 N–H and O–H groups in total. The van der Waals surface area contributed by atoms with Gasteiger partial charge in [-0.15, -0.1) is 0 Å². The summed E-state index contributed by atoms with van der Waals surface area (Å²) < 4.78 is 39.8. The third-order valence-electron chi connectivity index (χ3n) is 6.59. The van der Waals surface area contributed by atoms with Crippen molar-refractivity contribution in [2.45, 2.75) is 32.0 Å². The van der Waals surface area contributed by atoms with Crippen LogP contribution in [0.15, 0.2) is 43.0 Å². The van der Waals surface area contributed by atoms with Gasteiger partial charge in [0.1, 0.15) is 17.5 Å². The zero-order valence-corrected chi connectivity index (χ0v) is 20.7. The van der Waals surface area contributed by atoms with Gasteiger partial charge in [0.15, 0.2) is 0 Å². The van der Waals surface area contributed by atoms with Crippen LogP contribution in [0.3, 0.4) is 0 Å². The maximum atomic E-state index is 13.3. The molecule has 9 nitrogen and oxygen atoms in total. The van der Waals surface area contributed by atoms with Gasteiger partial charge >= 0.3 is 6.18 Å². The van der Waals surface area contributed by atoms with E-state index >= 15 is 0 Å². The molecule has 1 saturated heterocycles. The van der Waals surface area contributed by atoms with Crippen LogP contribution in [0, 0.1) is 11.3 Å². The Labute approximate surface area is 217 Å². The number of nitrogens with one attached hydrogen (secondary N) is 3. The quantitative estimate of drug-likeness (QED) is 0.297. The molecule has 1 aliphatic heterocycles. The molecule has 1 unspecified atom stereocenters. The first-order valence-corrected chi connectivity index (χ1v) is 12.3. The van der Waals surface area contributed by atoms with E-state index in [0.717, 1.165) is 49.8 Å². The van der Waals surface area contributed by atoms with Gasteiger partial charge in [0, 0.05) is 42.6 Å². The first-order valence-electron chi connectivity index (χ1n) is 12.3. The standard InChI is InChI=1S/C26H26F3N9/c1-16(17-4-5-22(32-12-17)31-6-9-38-7-2-3-8-38)36-25-35-13-18(11-30)23(37-25)21-15-34-24-20(21)10-19(14-33-24)26(27,28)29/h4-5,10,12-16H,2-3,6-9H2,1H3,(H,31,32)(H,33,34)(H,35,36,37). The number of fused-ring (bicyclic) bond motifs is 1. The highest BCUT2D eigenvalue weighted by Crippen LogP contribution is 2.35. The number of alkyl halides is 3. The summed E-state index contributed by atoms with van der Waals surface area (Å²) in [5.41, 5.74) is 0.952. The van der Waals surface area contributed by atoms with Crippen molar-refractivity contribution >= 4 is 22.8 Å². The fraction of sp³-hybridized carbons (Fsp3) is 0.346. The van der Waals surface area contributed by atoms with Crippen molar-refractivity contribution < 1.29 is 13.2 Å². The number of aromatic amines is 1. The molecule has 1 atom stereocenters. The van der Waals surface area contributed by atoms with Gasteiger partial charge in [-0.05, 0) is 50.6 Å². The van der Waals surface area contributed by atoms with E-state index in [0.29, 0.717) is 5.56 Å². The van der Waals surface area contributed by atoms with Crippen LogP contribution in [-0.2, 0) is 6.18 Å². The lowest BCUT2D eigenvalue weighted by atomic mass is 10.1. The van der Waals surface area contributed by atoms with E-state index in [1.807, 2.05) is 25.1 Å². The van der Waals surface area contributed by atoms with Gasteiger partial charge in [0.05, 0.1) is 29.1 Å². The third-order valence-corrected chi connectivity index (χ3v) is 6.59. The lowest BCUT2D eigenvalue weighted by Crippen LogP contribution is -2.26. The normalized spacial score (nSPS) is 14.9. The maximum absolute atomic E-state index is 13.3. The Morgan fingerprint density at radius 2 is 1.95 bits per heavy atom. The second kappa shape index (κ2) is 10.6. The van der Waals surface area contributed by atoms with Crippen molar-refractivity contribution in [1.82, 2.24) is 29.8 Å². The van der Waals surface area contributed by atoms with Gasteiger partial charge in [-0.1, -0.05) is 6.07 Å². The van der Waals surface area contributed by atoms with Crippen LogP contribution in [0.25, 0.3) is 22.3 Å². The first kappa shape index (κ1) is 25.4. The largest absolute Gasteiger partial charge is 0.417 e. The number of H-pyrrole nitrogens is 1. The van der Waals surface area contributed by atoms with Crippen LogP contribution < -0.4 is 10.6 Å². The van der Waals surface area contributed by atoms with E-state index in [9.17, 15) is 18.4 Å². The zero-order valence-electron chi connectivity index (χ0n) is 20.7. The highest BCUT2D eigenvalue weighted by Gasteiger charge is 2.31. The molecule has 0 bridgehead atoms. The van der Waals surface area contributed by atoms with E-state index in [2.05, 4.69) is 40.5 Å². The number of pyridine rings is 2. The summed E-state index contributed by atoms with van der Waals surface area (Å²) in [5, 5.41) is 16.3. The number of nitriles is 1. The number of hydrogen-bond acceptors (Lipinski definition) is 8. The molecule has 196 valence electrons. The summed E-state index contributed by atoms with van der Waals surface area (Å²) in [4.78, 5) is 22.4. The van der Waals surface area contributed by atoms with E-state index < -0.39 is 11.7 Å². The molecule has 0 amide bonds. The van der Waals surface area contributed by atoms with Gasteiger partial charge in [-0.3, -0.25) is 0 Å². The monoisotopic (exact) mass is 521 g/mol. The van der Waals surface area contributed by atoms with Crippen LogP contribution in [0.1, 0.15) is 42.5 Å².